The summed E-state index contributed by atoms with van der Waals surface area (Å²) in [4.78, 5) is 10.8. The first-order valence-corrected chi connectivity index (χ1v) is 4.73. The molecule has 0 heterocycles. The van der Waals surface area contributed by atoms with Crippen molar-refractivity contribution in [1.29, 1.82) is 0 Å². The molecular formula is C11H14FNO3. The second-order valence-corrected chi connectivity index (χ2v) is 3.62. The number of carbonyl (C=O) groups is 1. The Labute approximate surface area is 92.8 Å². The standard InChI is InChI=1S/C11H14FNO3/c1-16-9-4-2-8(3-5-9)6-11(13,7-12)10(14)15/h2-5H,6-7,13H2,1H3,(H,14,15). The molecule has 1 aromatic carbocycles. The van der Waals surface area contributed by atoms with E-state index in [1.807, 2.05) is 0 Å². The Hall–Kier alpha value is -1.62. The number of hydrogen-bond acceptors (Lipinski definition) is 3. The van der Waals surface area contributed by atoms with E-state index in [-0.39, 0.29) is 6.42 Å². The zero-order valence-electron chi connectivity index (χ0n) is 8.94. The van der Waals surface area contributed by atoms with Crippen LogP contribution in [0.5, 0.6) is 5.75 Å². The largest absolute Gasteiger partial charge is 0.497 e. The summed E-state index contributed by atoms with van der Waals surface area (Å²) in [5.41, 5.74) is 4.24. The minimum Gasteiger partial charge on any atom is -0.497 e. The van der Waals surface area contributed by atoms with Crippen LogP contribution in [0.1, 0.15) is 5.56 Å². The van der Waals surface area contributed by atoms with E-state index in [4.69, 9.17) is 15.6 Å². The highest BCUT2D eigenvalue weighted by Crippen LogP contribution is 2.16. The zero-order valence-corrected chi connectivity index (χ0v) is 8.94. The first-order chi connectivity index (χ1) is 7.51. The van der Waals surface area contributed by atoms with E-state index < -0.39 is 18.2 Å². The number of carboxylic acid groups (broad SMARTS) is 1. The molecule has 0 bridgehead atoms. The first-order valence-electron chi connectivity index (χ1n) is 4.73. The average molecular weight is 227 g/mol. The Balaban J connectivity index is 2.82. The van der Waals surface area contributed by atoms with Crippen LogP contribution in [-0.4, -0.2) is 30.4 Å². The van der Waals surface area contributed by atoms with Crippen LogP contribution in [0.4, 0.5) is 4.39 Å². The van der Waals surface area contributed by atoms with Crippen LogP contribution in [0.15, 0.2) is 24.3 Å². The minimum atomic E-state index is -1.85. The van der Waals surface area contributed by atoms with Gasteiger partial charge >= 0.3 is 5.97 Å². The third-order valence-corrected chi connectivity index (χ3v) is 2.34. The van der Waals surface area contributed by atoms with Crippen molar-refractivity contribution in [3.05, 3.63) is 29.8 Å². The second-order valence-electron chi connectivity index (χ2n) is 3.62. The molecule has 0 aliphatic rings. The number of alkyl halides is 1. The van der Waals surface area contributed by atoms with Crippen LogP contribution in [0.25, 0.3) is 0 Å². The van der Waals surface area contributed by atoms with Gasteiger partial charge in [0.1, 0.15) is 18.0 Å². The molecule has 0 saturated heterocycles. The van der Waals surface area contributed by atoms with Crippen molar-refractivity contribution in [3.8, 4) is 5.75 Å². The fourth-order valence-corrected chi connectivity index (χ4v) is 1.29. The maximum atomic E-state index is 12.6. The van der Waals surface area contributed by atoms with E-state index in [0.29, 0.717) is 11.3 Å². The number of methoxy groups -OCH3 is 1. The first kappa shape index (κ1) is 12.4. The van der Waals surface area contributed by atoms with Gasteiger partial charge in [-0.3, -0.25) is 4.79 Å². The highest BCUT2D eigenvalue weighted by Gasteiger charge is 2.34. The van der Waals surface area contributed by atoms with Crippen LogP contribution < -0.4 is 10.5 Å². The van der Waals surface area contributed by atoms with Crippen LogP contribution in [0.3, 0.4) is 0 Å². The van der Waals surface area contributed by atoms with Gasteiger partial charge in [-0.1, -0.05) is 12.1 Å². The van der Waals surface area contributed by atoms with E-state index in [2.05, 4.69) is 0 Å². The molecule has 4 nitrogen and oxygen atoms in total. The molecule has 1 unspecified atom stereocenters. The number of ether oxygens (including phenoxy) is 1. The Bertz CT molecular complexity index is 366. The van der Waals surface area contributed by atoms with Gasteiger partial charge in [0.2, 0.25) is 0 Å². The summed E-state index contributed by atoms with van der Waals surface area (Å²) < 4.78 is 17.5. The highest BCUT2D eigenvalue weighted by atomic mass is 19.1. The summed E-state index contributed by atoms with van der Waals surface area (Å²) in [7, 11) is 1.53. The molecule has 0 fully saturated rings. The number of halogens is 1. The molecule has 1 atom stereocenters. The SMILES string of the molecule is COc1ccc(CC(N)(CF)C(=O)O)cc1. The third kappa shape index (κ3) is 2.70. The Morgan fingerprint density at radius 1 is 1.50 bits per heavy atom. The van der Waals surface area contributed by atoms with Crippen molar-refractivity contribution >= 4 is 5.97 Å². The van der Waals surface area contributed by atoms with Gasteiger partial charge in [-0.15, -0.1) is 0 Å². The quantitative estimate of drug-likeness (QED) is 0.786. The predicted octanol–water partition coefficient (Wildman–Crippen LogP) is 0.989. The molecule has 1 aromatic rings. The van der Waals surface area contributed by atoms with E-state index >= 15 is 0 Å². The lowest BCUT2D eigenvalue weighted by atomic mass is 9.93. The van der Waals surface area contributed by atoms with Gasteiger partial charge in [-0.2, -0.15) is 0 Å². The maximum Gasteiger partial charge on any atom is 0.326 e. The molecule has 0 saturated carbocycles. The van der Waals surface area contributed by atoms with Crippen LogP contribution >= 0.6 is 0 Å². The molecule has 0 radical (unpaired) electrons. The average Bonchev–Trinajstić information content (AvgIpc) is 2.29. The van der Waals surface area contributed by atoms with Gasteiger partial charge in [0.05, 0.1) is 7.11 Å². The number of carboxylic acids is 1. The third-order valence-electron chi connectivity index (χ3n) is 2.34. The Morgan fingerprint density at radius 3 is 2.44 bits per heavy atom. The highest BCUT2D eigenvalue weighted by molar-refractivity contribution is 5.79. The summed E-state index contributed by atoms with van der Waals surface area (Å²) in [6.07, 6.45) is -0.0528. The van der Waals surface area contributed by atoms with Crippen molar-refractivity contribution < 1.29 is 19.0 Å². The van der Waals surface area contributed by atoms with Crippen LogP contribution in [-0.2, 0) is 11.2 Å². The molecular weight excluding hydrogens is 213 g/mol. The van der Waals surface area contributed by atoms with Gasteiger partial charge in [-0.05, 0) is 17.7 Å². The molecule has 3 N–H and O–H groups in total. The summed E-state index contributed by atoms with van der Waals surface area (Å²) in [5.74, 6) is -0.687. The second kappa shape index (κ2) is 4.94. The minimum absolute atomic E-state index is 0.0528. The molecule has 5 heteroatoms. The van der Waals surface area contributed by atoms with Gasteiger partial charge in [0, 0.05) is 6.42 Å². The smallest absolute Gasteiger partial charge is 0.326 e. The number of benzene rings is 1. The van der Waals surface area contributed by atoms with Gasteiger partial charge in [0.15, 0.2) is 0 Å². The lowest BCUT2D eigenvalue weighted by Gasteiger charge is -2.20. The topological polar surface area (TPSA) is 72.5 Å². The molecule has 0 aromatic heterocycles. The molecule has 88 valence electrons. The lowest BCUT2D eigenvalue weighted by Crippen LogP contribution is -2.52. The summed E-state index contributed by atoms with van der Waals surface area (Å²) in [6, 6.07) is 6.68. The molecule has 0 spiro atoms. The normalized spacial score (nSPS) is 14.2. The lowest BCUT2D eigenvalue weighted by molar-refractivity contribution is -0.143. The maximum absolute atomic E-state index is 12.6. The van der Waals surface area contributed by atoms with Crippen LogP contribution in [0.2, 0.25) is 0 Å². The van der Waals surface area contributed by atoms with Gasteiger partial charge < -0.3 is 15.6 Å². The fraction of sp³-hybridized carbons (Fsp3) is 0.364. The van der Waals surface area contributed by atoms with E-state index in [1.54, 1.807) is 24.3 Å². The zero-order chi connectivity index (χ0) is 12.2. The van der Waals surface area contributed by atoms with Crippen LogP contribution in [0, 0.1) is 0 Å². The van der Waals surface area contributed by atoms with Gasteiger partial charge in [0.25, 0.3) is 0 Å². The number of hydrogen-bond donors (Lipinski definition) is 2. The Kier molecular flexibility index (Phi) is 3.84. The van der Waals surface area contributed by atoms with Crippen molar-refractivity contribution in [1.82, 2.24) is 0 Å². The van der Waals surface area contributed by atoms with Crippen molar-refractivity contribution in [2.24, 2.45) is 5.73 Å². The van der Waals surface area contributed by atoms with Crippen molar-refractivity contribution in [3.63, 3.8) is 0 Å². The van der Waals surface area contributed by atoms with E-state index in [1.165, 1.54) is 7.11 Å². The van der Waals surface area contributed by atoms with E-state index in [9.17, 15) is 9.18 Å². The molecule has 0 aliphatic heterocycles. The number of aliphatic carboxylic acids is 1. The van der Waals surface area contributed by atoms with E-state index in [0.717, 1.165) is 0 Å². The van der Waals surface area contributed by atoms with Crippen molar-refractivity contribution in [2.45, 2.75) is 12.0 Å². The summed E-state index contributed by atoms with van der Waals surface area (Å²) in [5, 5.41) is 8.80. The Morgan fingerprint density at radius 2 is 2.06 bits per heavy atom. The monoisotopic (exact) mass is 227 g/mol. The molecule has 1 rings (SSSR count). The van der Waals surface area contributed by atoms with Gasteiger partial charge in [-0.25, -0.2) is 4.39 Å². The number of rotatable bonds is 5. The number of nitrogens with two attached hydrogens (primary N) is 1. The molecule has 16 heavy (non-hydrogen) atoms. The summed E-state index contributed by atoms with van der Waals surface area (Å²) in [6.45, 7) is -1.10. The summed E-state index contributed by atoms with van der Waals surface area (Å²) >= 11 is 0. The van der Waals surface area contributed by atoms with Crippen molar-refractivity contribution in [2.75, 3.05) is 13.8 Å². The fourth-order valence-electron chi connectivity index (χ4n) is 1.29. The molecule has 0 amide bonds. The molecule has 0 aliphatic carbocycles. The predicted molar refractivity (Wildman–Crippen MR) is 57.2 cm³/mol.